The zero-order valence-electron chi connectivity index (χ0n) is 16.6. The van der Waals surface area contributed by atoms with Crippen LogP contribution in [0.2, 0.25) is 0 Å². The molecule has 1 N–H and O–H groups in total. The number of amides is 1. The van der Waals surface area contributed by atoms with Crippen molar-refractivity contribution in [2.24, 2.45) is 0 Å². The lowest BCUT2D eigenvalue weighted by Gasteiger charge is -2.09. The summed E-state index contributed by atoms with van der Waals surface area (Å²) in [6.45, 7) is 0.132. The van der Waals surface area contributed by atoms with Gasteiger partial charge in [0.05, 0.1) is 7.11 Å². The number of nitrogens with one attached hydrogen (secondary N) is 1. The Morgan fingerprint density at radius 3 is 2.58 bits per heavy atom. The van der Waals surface area contributed by atoms with Crippen LogP contribution in [-0.4, -0.2) is 30.0 Å². The number of fused-ring (bicyclic) bond motifs is 2. The smallest absolute Gasteiger partial charge is 0.298 e. The van der Waals surface area contributed by atoms with Gasteiger partial charge in [-0.05, 0) is 48.0 Å². The number of rotatable bonds is 5. The maximum atomic E-state index is 13.3. The van der Waals surface area contributed by atoms with E-state index in [1.165, 1.54) is 0 Å². The molecule has 0 atom stereocenters. The number of methoxy groups -OCH3 is 1. The summed E-state index contributed by atoms with van der Waals surface area (Å²) >= 11 is 0. The standard InChI is InChI=1S/C24H18N2O5/c1-29-18-8-5-15(6-9-18)19-13-17-4-2-3-11-26(17)22(19)23(27)24(28)25-16-7-10-20-21(12-16)31-14-30-20/h2-13H,14H2,1H3,(H,25,28). The van der Waals surface area contributed by atoms with E-state index < -0.39 is 11.7 Å². The predicted molar refractivity (Wildman–Crippen MR) is 115 cm³/mol. The summed E-state index contributed by atoms with van der Waals surface area (Å²) in [6.07, 6.45) is 1.77. The molecule has 0 spiro atoms. The van der Waals surface area contributed by atoms with E-state index in [0.717, 1.165) is 11.1 Å². The highest BCUT2D eigenvalue weighted by molar-refractivity contribution is 6.47. The molecule has 2 aromatic heterocycles. The first-order valence-electron chi connectivity index (χ1n) is 9.64. The van der Waals surface area contributed by atoms with E-state index in [0.29, 0.717) is 34.2 Å². The van der Waals surface area contributed by atoms with Crippen molar-refractivity contribution < 1.29 is 23.8 Å². The van der Waals surface area contributed by atoms with E-state index in [-0.39, 0.29) is 6.79 Å². The molecule has 1 aliphatic heterocycles. The van der Waals surface area contributed by atoms with Crippen LogP contribution < -0.4 is 19.5 Å². The Labute approximate surface area is 177 Å². The number of Topliss-reactive ketones (excluding diaryl/α,β-unsaturated/α-hetero) is 1. The van der Waals surface area contributed by atoms with E-state index >= 15 is 0 Å². The van der Waals surface area contributed by atoms with Crippen LogP contribution >= 0.6 is 0 Å². The summed E-state index contributed by atoms with van der Waals surface area (Å²) in [5.74, 6) is 0.453. The first-order valence-corrected chi connectivity index (χ1v) is 9.64. The number of carbonyl (C=O) groups excluding carboxylic acids is 2. The first-order chi connectivity index (χ1) is 15.1. The van der Waals surface area contributed by atoms with Gasteiger partial charge in [-0.25, -0.2) is 0 Å². The Kier molecular flexibility index (Phi) is 4.55. The minimum absolute atomic E-state index is 0.132. The fourth-order valence-electron chi connectivity index (χ4n) is 3.62. The predicted octanol–water partition coefficient (Wildman–Crippen LogP) is 4.17. The van der Waals surface area contributed by atoms with E-state index in [9.17, 15) is 9.59 Å². The molecule has 7 heteroatoms. The lowest BCUT2D eigenvalue weighted by atomic mass is 10.0. The van der Waals surface area contributed by atoms with Crippen molar-refractivity contribution in [3.8, 4) is 28.4 Å². The van der Waals surface area contributed by atoms with Gasteiger partial charge < -0.3 is 23.9 Å². The Morgan fingerprint density at radius 2 is 1.77 bits per heavy atom. The lowest BCUT2D eigenvalue weighted by Crippen LogP contribution is -2.24. The number of ether oxygens (including phenoxy) is 3. The molecule has 5 rings (SSSR count). The van der Waals surface area contributed by atoms with Crippen molar-refractivity contribution in [1.82, 2.24) is 4.40 Å². The minimum atomic E-state index is -0.738. The number of hydrogen-bond acceptors (Lipinski definition) is 5. The molecule has 31 heavy (non-hydrogen) atoms. The molecule has 1 amide bonds. The molecule has 3 heterocycles. The summed E-state index contributed by atoms with van der Waals surface area (Å²) in [7, 11) is 1.59. The second kappa shape index (κ2) is 7.53. The third-order valence-electron chi connectivity index (χ3n) is 5.13. The molecule has 0 saturated heterocycles. The van der Waals surface area contributed by atoms with Crippen LogP contribution in [0.5, 0.6) is 17.2 Å². The van der Waals surface area contributed by atoms with Gasteiger partial charge in [0.2, 0.25) is 6.79 Å². The number of hydrogen-bond donors (Lipinski definition) is 1. The van der Waals surface area contributed by atoms with Crippen LogP contribution in [-0.2, 0) is 4.79 Å². The molecule has 4 aromatic rings. The average Bonchev–Trinajstić information content (AvgIpc) is 3.42. The van der Waals surface area contributed by atoms with Crippen LogP contribution in [0.15, 0.2) is 72.9 Å². The van der Waals surface area contributed by atoms with Gasteiger partial charge in [-0.2, -0.15) is 0 Å². The van der Waals surface area contributed by atoms with E-state index in [1.54, 1.807) is 35.9 Å². The monoisotopic (exact) mass is 414 g/mol. The molecular weight excluding hydrogens is 396 g/mol. The van der Waals surface area contributed by atoms with Gasteiger partial charge in [-0.1, -0.05) is 18.2 Å². The number of nitrogens with zero attached hydrogens (tertiary/aromatic N) is 1. The van der Waals surface area contributed by atoms with Gasteiger partial charge >= 0.3 is 0 Å². The average molecular weight is 414 g/mol. The summed E-state index contributed by atoms with van der Waals surface area (Å²) in [6, 6.07) is 19.8. The normalized spacial score (nSPS) is 12.0. The third kappa shape index (κ3) is 3.36. The Bertz CT molecular complexity index is 1310. The summed E-state index contributed by atoms with van der Waals surface area (Å²) in [5, 5.41) is 2.66. The first kappa shape index (κ1) is 18.7. The maximum absolute atomic E-state index is 13.3. The molecule has 2 aromatic carbocycles. The maximum Gasteiger partial charge on any atom is 0.298 e. The molecule has 0 bridgehead atoms. The van der Waals surface area contributed by atoms with Gasteiger partial charge in [-0.3, -0.25) is 9.59 Å². The molecule has 0 radical (unpaired) electrons. The van der Waals surface area contributed by atoms with Crippen LogP contribution in [0.3, 0.4) is 0 Å². The molecule has 0 saturated carbocycles. The minimum Gasteiger partial charge on any atom is -0.497 e. The molecule has 0 fully saturated rings. The number of carbonyl (C=O) groups is 2. The number of anilines is 1. The Balaban J connectivity index is 1.52. The van der Waals surface area contributed by atoms with Crippen molar-refractivity contribution in [2.75, 3.05) is 19.2 Å². The van der Waals surface area contributed by atoms with Crippen molar-refractivity contribution in [3.63, 3.8) is 0 Å². The topological polar surface area (TPSA) is 78.3 Å². The van der Waals surface area contributed by atoms with Gasteiger partial charge in [0.15, 0.2) is 11.5 Å². The largest absolute Gasteiger partial charge is 0.497 e. The molecule has 154 valence electrons. The van der Waals surface area contributed by atoms with Gasteiger partial charge in [-0.15, -0.1) is 0 Å². The van der Waals surface area contributed by atoms with Crippen LogP contribution in [0.25, 0.3) is 16.6 Å². The number of ketones is 1. The highest BCUT2D eigenvalue weighted by atomic mass is 16.7. The van der Waals surface area contributed by atoms with Crippen molar-refractivity contribution in [2.45, 2.75) is 0 Å². The van der Waals surface area contributed by atoms with E-state index in [1.807, 2.05) is 48.5 Å². The van der Waals surface area contributed by atoms with Gasteiger partial charge in [0.25, 0.3) is 11.7 Å². The molecule has 0 unspecified atom stereocenters. The van der Waals surface area contributed by atoms with Gasteiger partial charge in [0, 0.05) is 29.0 Å². The van der Waals surface area contributed by atoms with Crippen LogP contribution in [0, 0.1) is 0 Å². The number of aromatic nitrogens is 1. The number of benzene rings is 2. The van der Waals surface area contributed by atoms with E-state index in [4.69, 9.17) is 14.2 Å². The molecular formula is C24H18N2O5. The number of pyridine rings is 1. The van der Waals surface area contributed by atoms with Crippen molar-refractivity contribution in [3.05, 3.63) is 78.6 Å². The summed E-state index contributed by atoms with van der Waals surface area (Å²) < 4.78 is 17.6. The van der Waals surface area contributed by atoms with Crippen molar-refractivity contribution >= 4 is 22.9 Å². The van der Waals surface area contributed by atoms with Gasteiger partial charge in [0.1, 0.15) is 11.4 Å². The molecule has 7 nitrogen and oxygen atoms in total. The zero-order valence-corrected chi connectivity index (χ0v) is 16.6. The quantitative estimate of drug-likeness (QED) is 0.392. The molecule has 1 aliphatic rings. The summed E-state index contributed by atoms with van der Waals surface area (Å²) in [5.41, 5.74) is 3.03. The lowest BCUT2D eigenvalue weighted by molar-refractivity contribution is -0.112. The third-order valence-corrected chi connectivity index (χ3v) is 5.13. The highest BCUT2D eigenvalue weighted by Gasteiger charge is 2.25. The Morgan fingerprint density at radius 1 is 0.968 bits per heavy atom. The van der Waals surface area contributed by atoms with Crippen LogP contribution in [0.1, 0.15) is 10.5 Å². The highest BCUT2D eigenvalue weighted by Crippen LogP contribution is 2.34. The fourth-order valence-corrected chi connectivity index (χ4v) is 3.62. The van der Waals surface area contributed by atoms with Crippen LogP contribution in [0.4, 0.5) is 5.69 Å². The SMILES string of the molecule is COc1ccc(-c2cc3ccccn3c2C(=O)C(=O)Nc2ccc3c(c2)OCO3)cc1. The second-order valence-corrected chi connectivity index (χ2v) is 6.98. The Hall–Kier alpha value is -4.26. The fraction of sp³-hybridized carbons (Fsp3) is 0.0833. The van der Waals surface area contributed by atoms with Crippen molar-refractivity contribution in [1.29, 1.82) is 0 Å². The van der Waals surface area contributed by atoms with E-state index in [2.05, 4.69) is 5.32 Å². The molecule has 0 aliphatic carbocycles. The second-order valence-electron chi connectivity index (χ2n) is 6.98. The zero-order chi connectivity index (χ0) is 21.4. The summed E-state index contributed by atoms with van der Waals surface area (Å²) in [4.78, 5) is 26.1.